The molecule has 0 saturated carbocycles. The highest BCUT2D eigenvalue weighted by molar-refractivity contribution is 7.52. The van der Waals surface area contributed by atoms with E-state index in [1.807, 2.05) is 13.8 Å². The topological polar surface area (TPSA) is 183 Å². The van der Waals surface area contributed by atoms with Gasteiger partial charge in [-0.05, 0) is 19.3 Å². The average molecular weight is 626 g/mol. The van der Waals surface area contributed by atoms with Gasteiger partial charge in [0.05, 0.1) is 13.2 Å². The molecule has 0 radical (unpaired) electrons. The Morgan fingerprint density at radius 3 is 1.57 bits per heavy atom. The lowest BCUT2D eigenvalue weighted by Crippen LogP contribution is -2.47. The zero-order valence-electron chi connectivity index (χ0n) is 26.4. The van der Waals surface area contributed by atoms with E-state index in [1.165, 1.54) is 7.05 Å². The van der Waals surface area contributed by atoms with Gasteiger partial charge in [0, 0.05) is 18.9 Å². The molecule has 42 heavy (non-hydrogen) atoms. The van der Waals surface area contributed by atoms with Crippen LogP contribution in [-0.2, 0) is 37.4 Å². The normalized spacial score (nSPS) is 14.8. The number of hydrogen-bond acceptors (Lipinski definition) is 11. The van der Waals surface area contributed by atoms with Crippen LogP contribution in [0.4, 0.5) is 9.59 Å². The first-order valence-corrected chi connectivity index (χ1v) is 16.2. The van der Waals surface area contributed by atoms with Crippen LogP contribution in [0, 0.1) is 17.2 Å². The summed E-state index contributed by atoms with van der Waals surface area (Å²) in [6.07, 6.45) is 0.488. The van der Waals surface area contributed by atoms with Crippen molar-refractivity contribution in [1.29, 1.82) is 5.41 Å². The number of ether oxygens (including phenoxy) is 4. The minimum atomic E-state index is -4.70. The van der Waals surface area contributed by atoms with E-state index >= 15 is 0 Å². The van der Waals surface area contributed by atoms with E-state index < -0.39 is 62.4 Å². The maximum atomic E-state index is 14.1. The molecule has 0 aromatic carbocycles. The number of likely N-dealkylation sites (N-methyl/N-ethyl adjacent to an activating group) is 1. The number of aliphatic carboxylic acids is 1. The van der Waals surface area contributed by atoms with Crippen LogP contribution < -0.4 is 5.09 Å². The van der Waals surface area contributed by atoms with Gasteiger partial charge in [0.25, 0.3) is 0 Å². The second kappa shape index (κ2) is 21.2. The van der Waals surface area contributed by atoms with Crippen molar-refractivity contribution in [2.45, 2.75) is 118 Å². The summed E-state index contributed by atoms with van der Waals surface area (Å²) in [4.78, 5) is 37.5. The second-order valence-electron chi connectivity index (χ2n) is 10.5. The molecule has 3 unspecified atom stereocenters. The van der Waals surface area contributed by atoms with Gasteiger partial charge in [-0.3, -0.25) is 19.5 Å². The van der Waals surface area contributed by atoms with E-state index in [-0.39, 0.29) is 19.6 Å². The molecule has 0 aromatic rings. The van der Waals surface area contributed by atoms with E-state index in [1.54, 1.807) is 34.6 Å². The van der Waals surface area contributed by atoms with Crippen LogP contribution >= 0.6 is 7.75 Å². The van der Waals surface area contributed by atoms with Crippen molar-refractivity contribution >= 4 is 32.0 Å². The minimum Gasteiger partial charge on any atom is -0.480 e. The highest BCUT2D eigenvalue weighted by Gasteiger charge is 2.40. The van der Waals surface area contributed by atoms with Crippen LogP contribution in [0.15, 0.2) is 0 Å². The number of nitrogens with one attached hydrogen (secondary N) is 2. The lowest BCUT2D eigenvalue weighted by atomic mass is 10.1. The Kier molecular flexibility index (Phi) is 19.9. The summed E-state index contributed by atoms with van der Waals surface area (Å²) in [5, 5.41) is 20.4. The third kappa shape index (κ3) is 16.2. The van der Waals surface area contributed by atoms with Crippen LogP contribution in [0.2, 0.25) is 0 Å². The zero-order chi connectivity index (χ0) is 32.3. The Hall–Kier alpha value is -2.57. The molecule has 3 N–H and O–H groups in total. The number of guanidine groups is 1. The van der Waals surface area contributed by atoms with Gasteiger partial charge in [-0.2, -0.15) is 0 Å². The molecule has 0 heterocycles. The lowest BCUT2D eigenvalue weighted by Gasteiger charge is -2.33. The molecule has 0 fully saturated rings. The van der Waals surface area contributed by atoms with Crippen LogP contribution in [0.25, 0.3) is 0 Å². The summed E-state index contributed by atoms with van der Waals surface area (Å²) < 4.78 is 46.1. The zero-order valence-corrected chi connectivity index (χ0v) is 27.3. The van der Waals surface area contributed by atoms with Crippen molar-refractivity contribution in [1.82, 2.24) is 9.99 Å². The predicted molar refractivity (Wildman–Crippen MR) is 156 cm³/mol. The SMILES string of the molecule is CCCCCOC(=O)OC(OP(=O)(NC(=N)N(C)C(CCC)C(=O)O)OC(OC(=O)OCCCCC)C(C)C)C(C)C. The van der Waals surface area contributed by atoms with Gasteiger partial charge in [-0.1, -0.05) is 80.6 Å². The lowest BCUT2D eigenvalue weighted by molar-refractivity contribution is -0.142. The number of hydrogen-bond donors (Lipinski definition) is 3. The number of rotatable bonds is 21. The first kappa shape index (κ1) is 39.4. The summed E-state index contributed by atoms with van der Waals surface area (Å²) in [7, 11) is -3.36. The highest BCUT2D eigenvalue weighted by atomic mass is 31.2. The molecule has 0 saturated heterocycles. The van der Waals surface area contributed by atoms with Gasteiger partial charge in [0.1, 0.15) is 6.04 Å². The monoisotopic (exact) mass is 625 g/mol. The fourth-order valence-corrected chi connectivity index (χ4v) is 5.00. The standard InChI is InChI=1S/C27H52N3O11P/c1-9-12-14-17-36-26(33)38-23(19(4)5)40-42(35,29-25(28)30(8)21(16-11-3)22(31)32)41-24(20(6)7)39-27(34)37-18-15-13-10-2/h19-21,23-24H,9-18H2,1-8H3,(H,31,32)(H2,28,29,35). The summed E-state index contributed by atoms with van der Waals surface area (Å²) >= 11 is 0. The smallest absolute Gasteiger partial charge is 0.480 e. The molecule has 3 atom stereocenters. The quantitative estimate of drug-likeness (QED) is 0.0314. The highest BCUT2D eigenvalue weighted by Crippen LogP contribution is 2.49. The minimum absolute atomic E-state index is 0.122. The Labute approximate surface area is 250 Å². The fourth-order valence-electron chi connectivity index (χ4n) is 3.30. The predicted octanol–water partition coefficient (Wildman–Crippen LogP) is 6.49. The van der Waals surface area contributed by atoms with E-state index in [4.69, 9.17) is 33.4 Å². The molecule has 0 aliphatic rings. The number of unbranched alkanes of at least 4 members (excludes halogenated alkanes) is 4. The van der Waals surface area contributed by atoms with Crippen molar-refractivity contribution in [2.75, 3.05) is 20.3 Å². The third-order valence-corrected chi connectivity index (χ3v) is 7.30. The molecule has 0 bridgehead atoms. The number of nitrogens with zero attached hydrogens (tertiary/aromatic N) is 1. The summed E-state index contributed by atoms with van der Waals surface area (Å²) in [6, 6.07) is -1.12. The van der Waals surface area contributed by atoms with Crippen LogP contribution in [0.5, 0.6) is 0 Å². The molecule has 0 amide bonds. The van der Waals surface area contributed by atoms with Crippen LogP contribution in [-0.4, -0.2) is 73.1 Å². The maximum Gasteiger partial charge on any atom is 0.510 e. The molecule has 0 spiro atoms. The number of carboxylic acids is 1. The van der Waals surface area contributed by atoms with Gasteiger partial charge in [0.15, 0.2) is 0 Å². The van der Waals surface area contributed by atoms with Gasteiger partial charge >= 0.3 is 26.0 Å². The van der Waals surface area contributed by atoms with Crippen LogP contribution in [0.3, 0.4) is 0 Å². The number of carboxylic acid groups (broad SMARTS) is 1. The van der Waals surface area contributed by atoms with Crippen molar-refractivity contribution in [3.8, 4) is 0 Å². The van der Waals surface area contributed by atoms with Crippen molar-refractivity contribution in [2.24, 2.45) is 11.8 Å². The Morgan fingerprint density at radius 2 is 1.24 bits per heavy atom. The van der Waals surface area contributed by atoms with E-state index in [0.29, 0.717) is 19.3 Å². The fraction of sp³-hybridized carbons (Fsp3) is 0.852. The molecule has 0 aromatic heterocycles. The van der Waals surface area contributed by atoms with Crippen molar-refractivity contribution in [3.05, 3.63) is 0 Å². The second-order valence-corrected chi connectivity index (χ2v) is 12.1. The number of carbonyl (C=O) groups is 3. The largest absolute Gasteiger partial charge is 0.510 e. The van der Waals surface area contributed by atoms with Crippen molar-refractivity contribution in [3.63, 3.8) is 0 Å². The molecule has 0 aliphatic carbocycles. The molecular formula is C27H52N3O11P. The van der Waals surface area contributed by atoms with E-state index in [2.05, 4.69) is 5.09 Å². The first-order valence-electron chi connectivity index (χ1n) is 14.7. The van der Waals surface area contributed by atoms with Gasteiger partial charge < -0.3 is 29.0 Å². The van der Waals surface area contributed by atoms with Gasteiger partial charge in [0.2, 0.25) is 18.5 Å². The molecule has 246 valence electrons. The molecule has 15 heteroatoms. The Balaban J connectivity index is 6.03. The van der Waals surface area contributed by atoms with E-state index in [9.17, 15) is 24.1 Å². The third-order valence-electron chi connectivity index (χ3n) is 5.84. The number of carbonyl (C=O) groups excluding carboxylic acids is 2. The van der Waals surface area contributed by atoms with Crippen molar-refractivity contribution < 1.29 is 52.1 Å². The summed E-state index contributed by atoms with van der Waals surface area (Å²) in [5.74, 6) is -2.92. The van der Waals surface area contributed by atoms with Gasteiger partial charge in [-0.15, -0.1) is 0 Å². The first-order chi connectivity index (χ1) is 19.7. The average Bonchev–Trinajstić information content (AvgIpc) is 2.90. The van der Waals surface area contributed by atoms with Crippen LogP contribution in [0.1, 0.15) is 99.8 Å². The Morgan fingerprint density at radius 1 is 0.810 bits per heavy atom. The molecule has 0 aliphatic heterocycles. The van der Waals surface area contributed by atoms with E-state index in [0.717, 1.165) is 30.6 Å². The maximum absolute atomic E-state index is 14.1. The molecular weight excluding hydrogens is 573 g/mol. The summed E-state index contributed by atoms with van der Waals surface area (Å²) in [5.41, 5.74) is 0. The summed E-state index contributed by atoms with van der Waals surface area (Å²) in [6.45, 7) is 12.5. The van der Waals surface area contributed by atoms with Gasteiger partial charge in [-0.25, -0.2) is 18.9 Å². The Bertz CT molecular complexity index is 828. The molecule has 14 nitrogen and oxygen atoms in total. The molecule has 0 rings (SSSR count).